The summed E-state index contributed by atoms with van der Waals surface area (Å²) in [4.78, 5) is 2.47. The number of aromatic nitrogens is 1. The minimum Gasteiger partial charge on any atom is -0.310 e. The highest BCUT2D eigenvalue weighted by Crippen LogP contribution is 2.44. The van der Waals surface area contributed by atoms with Gasteiger partial charge < -0.3 is 9.47 Å². The third-order valence-corrected chi connectivity index (χ3v) is 12.9. The Hall–Kier alpha value is -7.94. The largest absolute Gasteiger partial charge is 0.310 e. The lowest BCUT2D eigenvalue weighted by Crippen LogP contribution is -2.27. The van der Waals surface area contributed by atoms with E-state index >= 15 is 0 Å². The molecule has 2 nitrogen and oxygen atoms in total. The van der Waals surface area contributed by atoms with Crippen LogP contribution in [0.1, 0.15) is 17.9 Å². The highest BCUT2D eigenvalue weighted by molar-refractivity contribution is 6.09. The summed E-state index contributed by atoms with van der Waals surface area (Å²) < 4.78 is 2.39. The first-order valence-corrected chi connectivity index (χ1v) is 21.6. The Morgan fingerprint density at radius 2 is 0.935 bits per heavy atom. The van der Waals surface area contributed by atoms with Gasteiger partial charge in [0.25, 0.3) is 0 Å². The molecular weight excluding hydrogens is 749 g/mol. The lowest BCUT2D eigenvalue weighted by Gasteiger charge is -2.30. The van der Waals surface area contributed by atoms with Gasteiger partial charge >= 0.3 is 0 Å². The van der Waals surface area contributed by atoms with E-state index in [0.29, 0.717) is 0 Å². The van der Waals surface area contributed by atoms with Crippen LogP contribution in [0.5, 0.6) is 0 Å². The molecule has 292 valence electrons. The summed E-state index contributed by atoms with van der Waals surface area (Å²) in [5, 5.41) is 10.1. The van der Waals surface area contributed by atoms with Gasteiger partial charge in [0.15, 0.2) is 0 Å². The molecule has 1 unspecified atom stereocenters. The maximum Gasteiger partial charge on any atom is 0.0542 e. The van der Waals surface area contributed by atoms with Crippen LogP contribution in [-0.2, 0) is 0 Å². The van der Waals surface area contributed by atoms with Crippen LogP contribution in [0.2, 0.25) is 0 Å². The topological polar surface area (TPSA) is 8.17 Å². The minimum atomic E-state index is 0.254. The van der Waals surface area contributed by atoms with E-state index in [0.717, 1.165) is 29.2 Å². The van der Waals surface area contributed by atoms with Gasteiger partial charge in [0.1, 0.15) is 0 Å². The van der Waals surface area contributed by atoms with Crippen molar-refractivity contribution >= 4 is 72.6 Å². The molecule has 0 radical (unpaired) electrons. The van der Waals surface area contributed by atoms with Crippen molar-refractivity contribution in [2.45, 2.75) is 12.3 Å². The van der Waals surface area contributed by atoms with Crippen LogP contribution < -0.4 is 15.3 Å². The van der Waals surface area contributed by atoms with Crippen LogP contribution in [0.25, 0.3) is 83.4 Å². The van der Waals surface area contributed by atoms with Crippen molar-refractivity contribution < 1.29 is 0 Å². The molecule has 1 atom stereocenters. The van der Waals surface area contributed by atoms with E-state index in [1.165, 1.54) is 81.6 Å². The van der Waals surface area contributed by atoms with Crippen LogP contribution in [0.3, 0.4) is 0 Å². The van der Waals surface area contributed by atoms with Gasteiger partial charge in [-0.15, -0.1) is 0 Å². The molecule has 1 aromatic heterocycles. The first-order chi connectivity index (χ1) is 30.7. The molecule has 0 spiro atoms. The van der Waals surface area contributed by atoms with E-state index in [1.807, 2.05) is 0 Å². The van der Waals surface area contributed by atoms with E-state index in [2.05, 4.69) is 246 Å². The first-order valence-electron chi connectivity index (χ1n) is 21.6. The molecule has 11 aromatic rings. The molecule has 0 bridgehead atoms. The maximum atomic E-state index is 2.47. The highest BCUT2D eigenvalue weighted by Gasteiger charge is 2.22. The molecule has 1 heterocycles. The second-order valence-electron chi connectivity index (χ2n) is 16.5. The Labute approximate surface area is 361 Å². The molecule has 0 saturated heterocycles. The zero-order chi connectivity index (χ0) is 41.0. The van der Waals surface area contributed by atoms with Gasteiger partial charge in [-0.3, -0.25) is 0 Å². The minimum absolute atomic E-state index is 0.254. The van der Waals surface area contributed by atoms with Crippen molar-refractivity contribution in [2.75, 3.05) is 4.90 Å². The number of hydrogen-bond acceptors (Lipinski definition) is 1. The van der Waals surface area contributed by atoms with Crippen LogP contribution in [-0.4, -0.2) is 4.57 Å². The molecular formula is C60H42N2. The van der Waals surface area contributed by atoms with E-state index < -0.39 is 0 Å². The smallest absolute Gasteiger partial charge is 0.0542 e. The average Bonchev–Trinajstić information content (AvgIpc) is 3.68. The first kappa shape index (κ1) is 36.0. The number of benzene rings is 10. The summed E-state index contributed by atoms with van der Waals surface area (Å²) in [7, 11) is 0. The fraction of sp³-hybridized carbons (Fsp3) is 0.0333. The number of para-hydroxylation sites is 2. The Morgan fingerprint density at radius 3 is 1.61 bits per heavy atom. The van der Waals surface area contributed by atoms with E-state index in [4.69, 9.17) is 0 Å². The molecule has 0 N–H and O–H groups in total. The molecule has 10 aromatic carbocycles. The van der Waals surface area contributed by atoms with Gasteiger partial charge in [-0.2, -0.15) is 0 Å². The molecule has 0 saturated carbocycles. The molecule has 1 aliphatic carbocycles. The average molecular weight is 791 g/mol. The number of fused-ring (bicyclic) bond motifs is 6. The second kappa shape index (κ2) is 15.0. The van der Waals surface area contributed by atoms with Crippen molar-refractivity contribution in [1.29, 1.82) is 0 Å². The predicted molar refractivity (Wildman–Crippen MR) is 263 cm³/mol. The summed E-state index contributed by atoms with van der Waals surface area (Å²) >= 11 is 0. The lowest BCUT2D eigenvalue weighted by atomic mass is 9.88. The second-order valence-corrected chi connectivity index (χ2v) is 16.5. The number of rotatable bonds is 7. The van der Waals surface area contributed by atoms with Crippen LogP contribution in [0.15, 0.2) is 224 Å². The normalized spacial score (nSPS) is 13.5. The van der Waals surface area contributed by atoms with Crippen LogP contribution in [0, 0.1) is 0 Å². The summed E-state index contributed by atoms with van der Waals surface area (Å²) in [6.07, 6.45) is 5.81. The SMILES string of the molecule is C1=c2ccccc2=CC(c2ccc(-c3ccc4ccccc4c3)c(N(c3ccc(-c4ccc5ccccc5c4)cc3)c3ccc(-n4c5ccccc5c5ccccc54)cc3)c2)C1. The third-order valence-electron chi connectivity index (χ3n) is 12.9. The van der Waals surface area contributed by atoms with Crippen molar-refractivity contribution in [1.82, 2.24) is 4.57 Å². The Bertz CT molecular complexity index is 3560. The highest BCUT2D eigenvalue weighted by atomic mass is 15.1. The van der Waals surface area contributed by atoms with Crippen LogP contribution >= 0.6 is 0 Å². The fourth-order valence-corrected chi connectivity index (χ4v) is 9.74. The van der Waals surface area contributed by atoms with Gasteiger partial charge in [-0.1, -0.05) is 170 Å². The number of anilines is 3. The Morgan fingerprint density at radius 1 is 0.403 bits per heavy atom. The standard InChI is InChI=1S/C60H42N2/c1-4-14-45-37-48(24-21-41(45)11-1)44-27-30-52(31-28-44)61(53-32-34-54(35-33-53)62-58-19-9-7-17-56(58)57-18-8-10-20-59(57)62)60-40-50(49-25-22-42-12-2-5-15-46(42)38-49)29-36-55(60)51-26-23-43-13-3-6-16-47(43)39-51/h1-24,26-40,49H,25H2. The summed E-state index contributed by atoms with van der Waals surface area (Å²) in [5.74, 6) is 0.254. The van der Waals surface area contributed by atoms with Crippen LogP contribution in [0.4, 0.5) is 17.1 Å². The van der Waals surface area contributed by atoms with Crippen molar-refractivity contribution in [3.63, 3.8) is 0 Å². The number of hydrogen-bond donors (Lipinski definition) is 0. The third kappa shape index (κ3) is 6.28. The van der Waals surface area contributed by atoms with Gasteiger partial charge in [0.05, 0.1) is 16.7 Å². The van der Waals surface area contributed by atoms with Crippen molar-refractivity contribution in [2.24, 2.45) is 0 Å². The van der Waals surface area contributed by atoms with Gasteiger partial charge in [0.2, 0.25) is 0 Å². The van der Waals surface area contributed by atoms with E-state index in [1.54, 1.807) is 0 Å². The molecule has 2 heteroatoms. The summed E-state index contributed by atoms with van der Waals surface area (Å²) in [5.41, 5.74) is 13.0. The fourth-order valence-electron chi connectivity index (χ4n) is 9.74. The Balaban J connectivity index is 1.05. The van der Waals surface area contributed by atoms with Crippen molar-refractivity contribution in [3.8, 4) is 27.9 Å². The zero-order valence-electron chi connectivity index (χ0n) is 34.2. The Kier molecular flexibility index (Phi) is 8.67. The number of nitrogens with zero attached hydrogens (tertiary/aromatic N) is 2. The summed E-state index contributed by atoms with van der Waals surface area (Å²) in [6.45, 7) is 0. The maximum absolute atomic E-state index is 2.47. The summed E-state index contributed by atoms with van der Waals surface area (Å²) in [6, 6.07) is 82.5. The molecule has 0 fully saturated rings. The van der Waals surface area contributed by atoms with Gasteiger partial charge in [-0.25, -0.2) is 0 Å². The molecule has 0 aliphatic heterocycles. The zero-order valence-corrected chi connectivity index (χ0v) is 34.2. The van der Waals surface area contributed by atoms with E-state index in [9.17, 15) is 0 Å². The molecule has 1 aliphatic rings. The monoisotopic (exact) mass is 790 g/mol. The molecule has 0 amide bonds. The molecule has 12 rings (SSSR count). The van der Waals surface area contributed by atoms with Gasteiger partial charge in [-0.05, 0) is 127 Å². The van der Waals surface area contributed by atoms with Crippen molar-refractivity contribution in [3.05, 3.63) is 240 Å². The quantitative estimate of drug-likeness (QED) is 0.156. The van der Waals surface area contributed by atoms with E-state index in [-0.39, 0.29) is 5.92 Å². The van der Waals surface area contributed by atoms with Gasteiger partial charge in [0, 0.05) is 39.3 Å². The lowest BCUT2D eigenvalue weighted by molar-refractivity contribution is 0.920. The predicted octanol–water partition coefficient (Wildman–Crippen LogP) is 14.6. The molecule has 62 heavy (non-hydrogen) atoms.